The van der Waals surface area contributed by atoms with E-state index >= 15 is 0 Å². The molecule has 0 fully saturated rings. The Balaban J connectivity index is 1.52. The lowest BCUT2D eigenvalue weighted by atomic mass is 10.1. The first-order valence-corrected chi connectivity index (χ1v) is 9.86. The van der Waals surface area contributed by atoms with Crippen LogP contribution in [0.2, 0.25) is 0 Å². The van der Waals surface area contributed by atoms with Gasteiger partial charge in [0.2, 0.25) is 11.8 Å². The van der Waals surface area contributed by atoms with Crippen LogP contribution in [-0.4, -0.2) is 34.8 Å². The van der Waals surface area contributed by atoms with Crippen molar-refractivity contribution in [2.45, 2.75) is 25.9 Å². The standard InChI is InChI=1S/C23H23N3O4/c1-16(27)24-19(13-17-7-3-2-4-8-17)22-25-20(15-30-22)23(28)26-11-12-29-21-10-6-5-9-18(21)14-26/h2-10,15,19H,11-14H2,1H3,(H,24,27)/t19-/m0/s1. The number of ether oxygens (including phenoxy) is 1. The molecule has 30 heavy (non-hydrogen) atoms. The maximum absolute atomic E-state index is 13.0. The van der Waals surface area contributed by atoms with Gasteiger partial charge in [-0.15, -0.1) is 0 Å². The van der Waals surface area contributed by atoms with E-state index in [4.69, 9.17) is 9.15 Å². The fraction of sp³-hybridized carbons (Fsp3) is 0.261. The topological polar surface area (TPSA) is 84.7 Å². The summed E-state index contributed by atoms with van der Waals surface area (Å²) in [7, 11) is 0. The van der Waals surface area contributed by atoms with Crippen molar-refractivity contribution < 1.29 is 18.7 Å². The Hall–Kier alpha value is -3.61. The SMILES string of the molecule is CC(=O)N[C@@H](Cc1ccccc1)c1nc(C(=O)N2CCOc3ccccc3C2)co1. The zero-order chi connectivity index (χ0) is 20.9. The zero-order valence-electron chi connectivity index (χ0n) is 16.7. The molecule has 7 nitrogen and oxygen atoms in total. The lowest BCUT2D eigenvalue weighted by Gasteiger charge is -2.18. The van der Waals surface area contributed by atoms with Gasteiger partial charge in [-0.25, -0.2) is 4.98 Å². The number of hydrogen-bond acceptors (Lipinski definition) is 5. The van der Waals surface area contributed by atoms with Crippen molar-refractivity contribution >= 4 is 11.8 Å². The van der Waals surface area contributed by atoms with E-state index in [1.54, 1.807) is 4.90 Å². The van der Waals surface area contributed by atoms with E-state index in [2.05, 4.69) is 10.3 Å². The van der Waals surface area contributed by atoms with Crippen LogP contribution in [0.25, 0.3) is 0 Å². The number of fused-ring (bicyclic) bond motifs is 1. The van der Waals surface area contributed by atoms with Gasteiger partial charge in [-0.2, -0.15) is 0 Å². The number of nitrogens with one attached hydrogen (secondary N) is 1. The third kappa shape index (κ3) is 4.51. The molecule has 2 heterocycles. The molecule has 4 rings (SSSR count). The molecule has 1 aliphatic rings. The molecular formula is C23H23N3O4. The number of rotatable bonds is 5. The summed E-state index contributed by atoms with van der Waals surface area (Å²) in [6.07, 6.45) is 1.87. The van der Waals surface area contributed by atoms with Gasteiger partial charge in [0.1, 0.15) is 24.7 Å². The van der Waals surface area contributed by atoms with Gasteiger partial charge in [-0.05, 0) is 11.6 Å². The Labute approximate surface area is 174 Å². The monoisotopic (exact) mass is 405 g/mol. The number of amides is 2. The molecule has 154 valence electrons. The van der Waals surface area contributed by atoms with Crippen molar-refractivity contribution in [1.29, 1.82) is 0 Å². The van der Waals surface area contributed by atoms with Gasteiger partial charge in [-0.1, -0.05) is 48.5 Å². The summed E-state index contributed by atoms with van der Waals surface area (Å²) in [6.45, 7) is 2.75. The first kappa shape index (κ1) is 19.7. The third-order valence-electron chi connectivity index (χ3n) is 4.94. The van der Waals surface area contributed by atoms with Gasteiger partial charge in [0.05, 0.1) is 6.54 Å². The average Bonchev–Trinajstić information content (AvgIpc) is 3.14. The van der Waals surface area contributed by atoms with Crippen molar-refractivity contribution in [3.63, 3.8) is 0 Å². The van der Waals surface area contributed by atoms with Crippen LogP contribution in [0.15, 0.2) is 65.3 Å². The fourth-order valence-corrected chi connectivity index (χ4v) is 3.50. The Morgan fingerprint density at radius 1 is 1.13 bits per heavy atom. The van der Waals surface area contributed by atoms with Crippen LogP contribution >= 0.6 is 0 Å². The highest BCUT2D eigenvalue weighted by molar-refractivity contribution is 5.92. The van der Waals surface area contributed by atoms with Crippen molar-refractivity contribution in [3.05, 3.63) is 83.6 Å². The second kappa shape index (κ2) is 8.82. The van der Waals surface area contributed by atoms with Crippen LogP contribution in [0.3, 0.4) is 0 Å². The van der Waals surface area contributed by atoms with Crippen LogP contribution in [-0.2, 0) is 17.8 Å². The molecule has 2 aromatic carbocycles. The van der Waals surface area contributed by atoms with E-state index in [9.17, 15) is 9.59 Å². The predicted molar refractivity (Wildman–Crippen MR) is 110 cm³/mol. The summed E-state index contributed by atoms with van der Waals surface area (Å²) in [5.74, 6) is 0.681. The summed E-state index contributed by atoms with van der Waals surface area (Å²) < 4.78 is 11.3. The van der Waals surface area contributed by atoms with Crippen molar-refractivity contribution in [2.24, 2.45) is 0 Å². The molecule has 1 N–H and O–H groups in total. The summed E-state index contributed by atoms with van der Waals surface area (Å²) in [6, 6.07) is 17.0. The summed E-state index contributed by atoms with van der Waals surface area (Å²) in [5, 5.41) is 2.86. The average molecular weight is 405 g/mol. The molecule has 0 radical (unpaired) electrons. The van der Waals surface area contributed by atoms with E-state index in [1.165, 1.54) is 13.2 Å². The third-order valence-corrected chi connectivity index (χ3v) is 4.94. The first-order valence-electron chi connectivity index (χ1n) is 9.86. The van der Waals surface area contributed by atoms with Crippen LogP contribution in [0.5, 0.6) is 5.75 Å². The zero-order valence-corrected chi connectivity index (χ0v) is 16.7. The number of benzene rings is 2. The number of para-hydroxylation sites is 1. The molecule has 0 bridgehead atoms. The molecule has 0 unspecified atom stereocenters. The molecule has 0 aliphatic carbocycles. The fourth-order valence-electron chi connectivity index (χ4n) is 3.50. The maximum atomic E-state index is 13.0. The maximum Gasteiger partial charge on any atom is 0.276 e. The minimum absolute atomic E-state index is 0.191. The van der Waals surface area contributed by atoms with Crippen LogP contribution in [0.4, 0.5) is 0 Å². The van der Waals surface area contributed by atoms with E-state index < -0.39 is 6.04 Å². The summed E-state index contributed by atoms with van der Waals surface area (Å²) >= 11 is 0. The Kier molecular flexibility index (Phi) is 5.79. The first-order chi connectivity index (χ1) is 14.6. The van der Waals surface area contributed by atoms with Gasteiger partial charge in [0.25, 0.3) is 5.91 Å². The van der Waals surface area contributed by atoms with Gasteiger partial charge in [0.15, 0.2) is 5.69 Å². The summed E-state index contributed by atoms with van der Waals surface area (Å²) in [4.78, 5) is 30.8. The Bertz CT molecular complexity index is 1030. The second-order valence-corrected chi connectivity index (χ2v) is 7.20. The van der Waals surface area contributed by atoms with Gasteiger partial charge < -0.3 is 19.4 Å². The number of aromatic nitrogens is 1. The quantitative estimate of drug-likeness (QED) is 0.705. The number of carbonyl (C=O) groups is 2. The Morgan fingerprint density at radius 3 is 2.70 bits per heavy atom. The lowest BCUT2D eigenvalue weighted by molar-refractivity contribution is -0.119. The highest BCUT2D eigenvalue weighted by Gasteiger charge is 2.26. The molecule has 2 amide bonds. The van der Waals surface area contributed by atoms with Crippen LogP contribution < -0.4 is 10.1 Å². The van der Waals surface area contributed by atoms with Crippen LogP contribution in [0.1, 0.15) is 40.5 Å². The van der Waals surface area contributed by atoms with Gasteiger partial charge >= 0.3 is 0 Å². The Morgan fingerprint density at radius 2 is 1.90 bits per heavy atom. The van der Waals surface area contributed by atoms with E-state index in [0.29, 0.717) is 32.0 Å². The number of oxazole rings is 1. The smallest absolute Gasteiger partial charge is 0.276 e. The highest BCUT2D eigenvalue weighted by Crippen LogP contribution is 2.24. The predicted octanol–water partition coefficient (Wildman–Crippen LogP) is 3.13. The van der Waals surface area contributed by atoms with Crippen molar-refractivity contribution in [2.75, 3.05) is 13.2 Å². The minimum atomic E-state index is -0.459. The van der Waals surface area contributed by atoms with Gasteiger partial charge in [-0.3, -0.25) is 9.59 Å². The number of nitrogens with zero attached hydrogens (tertiary/aromatic N) is 2. The van der Waals surface area contributed by atoms with Crippen molar-refractivity contribution in [3.8, 4) is 5.75 Å². The van der Waals surface area contributed by atoms with E-state index in [1.807, 2.05) is 54.6 Å². The van der Waals surface area contributed by atoms with Crippen LogP contribution in [0, 0.1) is 0 Å². The van der Waals surface area contributed by atoms with E-state index in [-0.39, 0.29) is 17.5 Å². The highest BCUT2D eigenvalue weighted by atomic mass is 16.5. The molecule has 1 aliphatic heterocycles. The molecule has 0 saturated carbocycles. The molecule has 0 saturated heterocycles. The van der Waals surface area contributed by atoms with E-state index in [0.717, 1.165) is 16.9 Å². The lowest BCUT2D eigenvalue weighted by Crippen LogP contribution is -2.33. The normalized spacial score (nSPS) is 14.2. The second-order valence-electron chi connectivity index (χ2n) is 7.20. The number of hydrogen-bond donors (Lipinski definition) is 1. The molecular weight excluding hydrogens is 382 g/mol. The van der Waals surface area contributed by atoms with Gasteiger partial charge in [0, 0.05) is 25.5 Å². The summed E-state index contributed by atoms with van der Waals surface area (Å²) in [5.41, 5.74) is 2.20. The number of carbonyl (C=O) groups excluding carboxylic acids is 2. The minimum Gasteiger partial charge on any atom is -0.491 e. The van der Waals surface area contributed by atoms with Crippen molar-refractivity contribution in [1.82, 2.24) is 15.2 Å². The molecule has 1 atom stereocenters. The largest absolute Gasteiger partial charge is 0.491 e. The molecule has 3 aromatic rings. The molecule has 1 aromatic heterocycles. The molecule has 7 heteroatoms. The molecule has 0 spiro atoms.